The number of rotatable bonds is 1. The van der Waals surface area contributed by atoms with Gasteiger partial charge in [-0.15, -0.1) is 0 Å². The van der Waals surface area contributed by atoms with Crippen LogP contribution >= 0.6 is 0 Å². The van der Waals surface area contributed by atoms with Crippen LogP contribution in [-0.4, -0.2) is 29.2 Å². The van der Waals surface area contributed by atoms with E-state index in [4.69, 9.17) is 4.74 Å². The summed E-state index contributed by atoms with van der Waals surface area (Å²) in [5.41, 5.74) is -0.0379. The third-order valence-electron chi connectivity index (χ3n) is 4.29. The quantitative estimate of drug-likeness (QED) is 0.711. The maximum absolute atomic E-state index is 12.3. The van der Waals surface area contributed by atoms with Crippen molar-refractivity contribution in [2.24, 2.45) is 11.3 Å². The average Bonchev–Trinajstić information content (AvgIpc) is 2.94. The number of likely N-dealkylation sites (tertiary alicyclic amines) is 1. The number of ether oxygens (including phenoxy) is 1. The van der Waals surface area contributed by atoms with Crippen molar-refractivity contribution in [1.82, 2.24) is 4.90 Å². The summed E-state index contributed by atoms with van der Waals surface area (Å²) in [4.78, 5) is 14.4. The normalized spacial score (nSPS) is 31.1. The summed E-state index contributed by atoms with van der Waals surface area (Å²) < 4.78 is 5.57. The highest BCUT2D eigenvalue weighted by molar-refractivity contribution is 5.69. The molecule has 1 saturated carbocycles. The van der Waals surface area contributed by atoms with E-state index in [0.717, 1.165) is 13.0 Å². The van der Waals surface area contributed by atoms with Crippen LogP contribution in [0.3, 0.4) is 0 Å². The molecule has 0 aromatic rings. The van der Waals surface area contributed by atoms with Gasteiger partial charge in [0.25, 0.3) is 0 Å². The molecule has 0 radical (unpaired) electrons. The lowest BCUT2D eigenvalue weighted by atomic mass is 9.85. The van der Waals surface area contributed by atoms with Crippen molar-refractivity contribution in [3.05, 3.63) is 0 Å². The summed E-state index contributed by atoms with van der Waals surface area (Å²) in [5, 5.41) is 0. The van der Waals surface area contributed by atoms with Gasteiger partial charge in [0.1, 0.15) is 5.60 Å². The lowest BCUT2D eigenvalue weighted by molar-refractivity contribution is -0.00674. The van der Waals surface area contributed by atoms with Gasteiger partial charge in [0, 0.05) is 12.6 Å². The fraction of sp³-hybridized carbons (Fsp3) is 0.933. The Morgan fingerprint density at radius 2 is 1.89 bits per heavy atom. The third-order valence-corrected chi connectivity index (χ3v) is 4.29. The predicted octanol–water partition coefficient (Wildman–Crippen LogP) is 3.82. The number of hydrogen-bond donors (Lipinski definition) is 0. The number of piperidine rings is 1. The number of amides is 1. The minimum absolute atomic E-state index is 0.118. The van der Waals surface area contributed by atoms with E-state index in [0.29, 0.717) is 17.4 Å². The van der Waals surface area contributed by atoms with Crippen molar-refractivity contribution in [3.63, 3.8) is 0 Å². The Hall–Kier alpha value is -0.730. The molecule has 104 valence electrons. The highest BCUT2D eigenvalue weighted by Gasteiger charge is 2.50. The molecular formula is C15H27NO2. The lowest BCUT2D eigenvalue weighted by Crippen LogP contribution is -2.51. The summed E-state index contributed by atoms with van der Waals surface area (Å²) in [6.07, 6.45) is 4.76. The minimum Gasteiger partial charge on any atom is -0.444 e. The molecule has 1 amide bonds. The molecule has 1 saturated heterocycles. The minimum atomic E-state index is -0.396. The molecule has 2 unspecified atom stereocenters. The molecule has 1 aliphatic carbocycles. The zero-order chi connectivity index (χ0) is 13.6. The van der Waals surface area contributed by atoms with Crippen molar-refractivity contribution < 1.29 is 9.53 Å². The van der Waals surface area contributed by atoms with Crippen LogP contribution in [0.2, 0.25) is 0 Å². The monoisotopic (exact) mass is 253 g/mol. The van der Waals surface area contributed by atoms with Gasteiger partial charge in [-0.05, 0) is 57.8 Å². The van der Waals surface area contributed by atoms with Crippen LogP contribution in [0.4, 0.5) is 4.79 Å². The van der Waals surface area contributed by atoms with Crippen molar-refractivity contribution in [2.45, 2.75) is 71.9 Å². The molecule has 0 aromatic heterocycles. The molecule has 0 aromatic carbocycles. The topological polar surface area (TPSA) is 29.5 Å². The van der Waals surface area contributed by atoms with Gasteiger partial charge in [-0.1, -0.05) is 13.8 Å². The smallest absolute Gasteiger partial charge is 0.410 e. The van der Waals surface area contributed by atoms with Gasteiger partial charge in [-0.2, -0.15) is 0 Å². The number of carbonyl (C=O) groups excluding carboxylic acids is 1. The third kappa shape index (κ3) is 2.99. The molecule has 2 atom stereocenters. The second-order valence-corrected chi connectivity index (χ2v) is 7.49. The van der Waals surface area contributed by atoms with Gasteiger partial charge in [0.2, 0.25) is 0 Å². The Kier molecular flexibility index (Phi) is 3.37. The van der Waals surface area contributed by atoms with Gasteiger partial charge >= 0.3 is 6.09 Å². The van der Waals surface area contributed by atoms with Gasteiger partial charge < -0.3 is 9.64 Å². The second-order valence-electron chi connectivity index (χ2n) is 7.49. The Bertz CT molecular complexity index is 328. The van der Waals surface area contributed by atoms with Crippen LogP contribution < -0.4 is 0 Å². The SMILES string of the molecule is CC1CCC(C2(C)CC2)N(C(=O)OC(C)(C)C)C1. The van der Waals surface area contributed by atoms with Gasteiger partial charge in [-0.25, -0.2) is 4.79 Å². The fourth-order valence-corrected chi connectivity index (χ4v) is 2.93. The number of nitrogens with zero attached hydrogens (tertiary/aromatic N) is 1. The molecule has 18 heavy (non-hydrogen) atoms. The molecule has 2 aliphatic rings. The summed E-state index contributed by atoms with van der Waals surface area (Å²) in [6.45, 7) is 11.2. The van der Waals surface area contributed by atoms with Crippen LogP contribution in [0.25, 0.3) is 0 Å². The molecule has 1 aliphatic heterocycles. The predicted molar refractivity (Wildman–Crippen MR) is 72.5 cm³/mol. The first kappa shape index (κ1) is 13.7. The second kappa shape index (κ2) is 4.43. The van der Waals surface area contributed by atoms with Gasteiger partial charge in [-0.3, -0.25) is 0 Å². The number of hydrogen-bond acceptors (Lipinski definition) is 2. The molecule has 2 rings (SSSR count). The average molecular weight is 253 g/mol. The standard InChI is InChI=1S/C15H27NO2/c1-11-6-7-12(15(5)8-9-15)16(10-11)13(17)18-14(2,3)4/h11-12H,6-10H2,1-5H3. The molecule has 2 fully saturated rings. The van der Waals surface area contributed by atoms with Crippen molar-refractivity contribution >= 4 is 6.09 Å². The molecule has 1 heterocycles. The van der Waals surface area contributed by atoms with E-state index >= 15 is 0 Å². The molecule has 0 spiro atoms. The van der Waals surface area contributed by atoms with E-state index in [2.05, 4.69) is 13.8 Å². The summed E-state index contributed by atoms with van der Waals surface area (Å²) in [5.74, 6) is 0.594. The van der Waals surface area contributed by atoms with Crippen molar-refractivity contribution in [2.75, 3.05) is 6.54 Å². The van der Waals surface area contributed by atoms with Crippen LogP contribution in [0.15, 0.2) is 0 Å². The Morgan fingerprint density at radius 3 is 2.39 bits per heavy atom. The maximum atomic E-state index is 12.3. The molecule has 3 heteroatoms. The summed E-state index contributed by atoms with van der Waals surface area (Å²) in [7, 11) is 0. The Balaban J connectivity index is 2.08. The lowest BCUT2D eigenvalue weighted by Gasteiger charge is -2.42. The Morgan fingerprint density at radius 1 is 1.28 bits per heavy atom. The van der Waals surface area contributed by atoms with E-state index in [1.807, 2.05) is 25.7 Å². The summed E-state index contributed by atoms with van der Waals surface area (Å²) >= 11 is 0. The van der Waals surface area contributed by atoms with Crippen LogP contribution in [-0.2, 0) is 4.74 Å². The molecular weight excluding hydrogens is 226 g/mol. The van der Waals surface area contributed by atoms with E-state index in [1.165, 1.54) is 19.3 Å². The Labute approximate surface area is 111 Å². The van der Waals surface area contributed by atoms with E-state index in [1.54, 1.807) is 0 Å². The molecule has 0 bridgehead atoms. The summed E-state index contributed by atoms with van der Waals surface area (Å²) in [6, 6.07) is 0.392. The zero-order valence-electron chi connectivity index (χ0n) is 12.5. The first-order valence-electron chi connectivity index (χ1n) is 7.21. The fourth-order valence-electron chi connectivity index (χ4n) is 2.93. The highest BCUT2D eigenvalue weighted by Crippen LogP contribution is 2.52. The largest absolute Gasteiger partial charge is 0.444 e. The van der Waals surface area contributed by atoms with Crippen molar-refractivity contribution in [1.29, 1.82) is 0 Å². The van der Waals surface area contributed by atoms with Crippen LogP contribution in [0.5, 0.6) is 0 Å². The van der Waals surface area contributed by atoms with Gasteiger partial charge in [0.05, 0.1) is 0 Å². The van der Waals surface area contributed by atoms with Crippen molar-refractivity contribution in [3.8, 4) is 0 Å². The van der Waals surface area contributed by atoms with E-state index in [9.17, 15) is 4.79 Å². The van der Waals surface area contributed by atoms with E-state index in [-0.39, 0.29) is 6.09 Å². The van der Waals surface area contributed by atoms with E-state index < -0.39 is 5.60 Å². The van der Waals surface area contributed by atoms with Crippen LogP contribution in [0.1, 0.15) is 60.3 Å². The molecule has 3 nitrogen and oxygen atoms in total. The van der Waals surface area contributed by atoms with Crippen LogP contribution in [0, 0.1) is 11.3 Å². The van der Waals surface area contributed by atoms with Gasteiger partial charge in [0.15, 0.2) is 0 Å². The zero-order valence-corrected chi connectivity index (χ0v) is 12.5. The number of carbonyl (C=O) groups is 1. The first-order valence-corrected chi connectivity index (χ1v) is 7.21. The first-order chi connectivity index (χ1) is 8.21. The molecule has 0 N–H and O–H groups in total. The highest BCUT2D eigenvalue weighted by atomic mass is 16.6. The maximum Gasteiger partial charge on any atom is 0.410 e.